The zero-order valence-corrected chi connectivity index (χ0v) is 42.5. The van der Waals surface area contributed by atoms with Crippen LogP contribution in [0.25, 0.3) is 60.6 Å². The smallest absolute Gasteiger partial charge is 0.252 e. The number of hydrogen-bond donors (Lipinski definition) is 0. The lowest BCUT2D eigenvalue weighted by atomic mass is 9.33. The summed E-state index contributed by atoms with van der Waals surface area (Å²) in [6, 6.07) is 64.0. The van der Waals surface area contributed by atoms with Gasteiger partial charge in [0.15, 0.2) is 0 Å². The lowest BCUT2D eigenvalue weighted by molar-refractivity contribution is 0.590. The highest BCUT2D eigenvalue weighted by Gasteiger charge is 2.45. The standard InChI is InChI=1S/C66H58BN3O/c1-39-18-15-19-40(2)62(39)69-54-26-13-11-22-48(54)51-37-53-57(38-55(51)69)68(46-31-28-43(29-32-46)47-24-17-25-50-49-23-12-14-27-60(49)71-64(47)50)58-35-45(66(8,9)10)36-59-61(58)67(53)52-33-30-44(65(5,6)7)34-56(52)70(59)63-41(3)20-16-21-42(63)4/h11-38H,1-10H3. The molecule has 0 bridgehead atoms. The Labute approximate surface area is 417 Å². The van der Waals surface area contributed by atoms with Gasteiger partial charge in [-0.05, 0) is 142 Å². The van der Waals surface area contributed by atoms with E-state index in [0.29, 0.717) is 0 Å². The van der Waals surface area contributed by atoms with Crippen LogP contribution in [0, 0.1) is 27.7 Å². The number of hydrogen-bond acceptors (Lipinski definition) is 3. The van der Waals surface area contributed by atoms with Crippen molar-refractivity contribution in [3.8, 4) is 16.8 Å². The molecule has 0 atom stereocenters. The number of furan rings is 1. The third-order valence-corrected chi connectivity index (χ3v) is 15.8. The number of aryl methyl sites for hydroxylation is 4. The van der Waals surface area contributed by atoms with Gasteiger partial charge in [-0.15, -0.1) is 0 Å². The Hall–Kier alpha value is -7.76. The van der Waals surface area contributed by atoms with Crippen molar-refractivity contribution in [3.63, 3.8) is 0 Å². The summed E-state index contributed by atoms with van der Waals surface area (Å²) < 4.78 is 9.13. The molecule has 4 nitrogen and oxygen atoms in total. The number of benzene rings is 9. The Morgan fingerprint density at radius 1 is 0.423 bits per heavy atom. The van der Waals surface area contributed by atoms with Gasteiger partial charge in [-0.25, -0.2) is 0 Å². The molecule has 2 aromatic heterocycles. The van der Waals surface area contributed by atoms with Crippen LogP contribution in [-0.4, -0.2) is 11.3 Å². The summed E-state index contributed by atoms with van der Waals surface area (Å²) in [6.45, 7) is 23.1. The molecule has 0 saturated carbocycles. The van der Waals surface area contributed by atoms with E-state index in [4.69, 9.17) is 4.42 Å². The van der Waals surface area contributed by atoms with Crippen LogP contribution in [0.4, 0.5) is 34.1 Å². The van der Waals surface area contributed by atoms with Gasteiger partial charge in [0.25, 0.3) is 6.71 Å². The summed E-state index contributed by atoms with van der Waals surface area (Å²) >= 11 is 0. The SMILES string of the molecule is Cc1cccc(C)c1N1c2cc(C(C)(C)C)ccc2B2c3cc4c5ccccc5n(-c5c(C)cccc5C)c4cc3N(c3ccc(-c4cccc5c4oc4ccccc45)cc3)c3cc(C(C)(C)C)cc1c32. The highest BCUT2D eigenvalue weighted by Crippen LogP contribution is 2.50. The molecule has 0 N–H and O–H groups in total. The Morgan fingerprint density at radius 3 is 1.69 bits per heavy atom. The Morgan fingerprint density at radius 2 is 1.00 bits per heavy atom. The topological polar surface area (TPSA) is 24.6 Å². The van der Waals surface area contributed by atoms with Crippen LogP contribution in [-0.2, 0) is 10.8 Å². The van der Waals surface area contributed by atoms with Gasteiger partial charge in [0.05, 0.1) is 22.4 Å². The van der Waals surface area contributed by atoms with Gasteiger partial charge in [-0.3, -0.25) is 0 Å². The second-order valence-corrected chi connectivity index (χ2v) is 22.4. The van der Waals surface area contributed by atoms with Gasteiger partial charge < -0.3 is 18.8 Å². The number of fused-ring (bicyclic) bond motifs is 10. The third kappa shape index (κ3) is 6.44. The fraction of sp³-hybridized carbons (Fsp3) is 0.182. The molecule has 346 valence electrons. The monoisotopic (exact) mass is 919 g/mol. The molecule has 5 heteroatoms. The molecule has 0 spiro atoms. The first-order valence-electron chi connectivity index (χ1n) is 25.3. The summed E-state index contributed by atoms with van der Waals surface area (Å²) in [5, 5.41) is 4.79. The summed E-state index contributed by atoms with van der Waals surface area (Å²) in [6.07, 6.45) is 0. The van der Waals surface area contributed by atoms with E-state index in [1.54, 1.807) is 0 Å². The molecule has 0 amide bonds. The molecule has 11 aromatic rings. The lowest BCUT2D eigenvalue weighted by Gasteiger charge is -2.46. The van der Waals surface area contributed by atoms with Crippen LogP contribution >= 0.6 is 0 Å². The lowest BCUT2D eigenvalue weighted by Crippen LogP contribution is -2.61. The minimum Gasteiger partial charge on any atom is -0.455 e. The van der Waals surface area contributed by atoms with Crippen molar-refractivity contribution < 1.29 is 4.42 Å². The van der Waals surface area contributed by atoms with E-state index in [1.165, 1.54) is 106 Å². The molecule has 4 heterocycles. The van der Waals surface area contributed by atoms with Crippen molar-refractivity contribution >= 4 is 101 Å². The van der Waals surface area contributed by atoms with Crippen molar-refractivity contribution in [1.29, 1.82) is 0 Å². The zero-order chi connectivity index (χ0) is 48.8. The maximum absolute atomic E-state index is 6.60. The summed E-state index contributed by atoms with van der Waals surface area (Å²) in [7, 11) is 0. The van der Waals surface area contributed by atoms with E-state index < -0.39 is 0 Å². The molecule has 71 heavy (non-hydrogen) atoms. The maximum Gasteiger partial charge on any atom is 0.252 e. The average molecular weight is 920 g/mol. The fourth-order valence-corrected chi connectivity index (χ4v) is 12.2. The van der Waals surface area contributed by atoms with E-state index in [-0.39, 0.29) is 17.5 Å². The predicted molar refractivity (Wildman–Crippen MR) is 304 cm³/mol. The highest BCUT2D eigenvalue weighted by molar-refractivity contribution is 7.00. The van der Waals surface area contributed by atoms with E-state index in [2.05, 4.69) is 247 Å². The van der Waals surface area contributed by atoms with E-state index >= 15 is 0 Å². The summed E-state index contributed by atoms with van der Waals surface area (Å²) in [4.78, 5) is 5.22. The van der Waals surface area contributed by atoms with Gasteiger partial charge in [-0.2, -0.15) is 0 Å². The molecular weight excluding hydrogens is 862 g/mol. The van der Waals surface area contributed by atoms with E-state index in [1.807, 2.05) is 6.07 Å². The molecule has 9 aromatic carbocycles. The molecule has 0 aliphatic carbocycles. The molecule has 0 radical (unpaired) electrons. The largest absolute Gasteiger partial charge is 0.455 e. The Balaban J connectivity index is 1.15. The zero-order valence-electron chi connectivity index (χ0n) is 42.5. The first kappa shape index (κ1) is 43.3. The van der Waals surface area contributed by atoms with Crippen LogP contribution in [0.15, 0.2) is 174 Å². The van der Waals surface area contributed by atoms with Crippen molar-refractivity contribution in [3.05, 3.63) is 203 Å². The molecule has 2 aliphatic rings. The molecule has 0 fully saturated rings. The van der Waals surface area contributed by atoms with E-state index in [9.17, 15) is 0 Å². The Kier molecular flexibility index (Phi) is 9.37. The summed E-state index contributed by atoms with van der Waals surface area (Å²) in [5.41, 5.74) is 26.4. The first-order chi connectivity index (χ1) is 34.2. The average Bonchev–Trinajstić information content (AvgIpc) is 3.88. The highest BCUT2D eigenvalue weighted by atomic mass is 16.3. The minimum atomic E-state index is -0.152. The van der Waals surface area contributed by atoms with Gasteiger partial charge in [0, 0.05) is 55.5 Å². The van der Waals surface area contributed by atoms with Crippen molar-refractivity contribution in [2.75, 3.05) is 9.80 Å². The molecular formula is C66H58BN3O. The second kappa shape index (κ2) is 15.4. The van der Waals surface area contributed by atoms with Gasteiger partial charge in [0.2, 0.25) is 0 Å². The predicted octanol–water partition coefficient (Wildman–Crippen LogP) is 16.3. The normalized spacial score (nSPS) is 13.4. The summed E-state index contributed by atoms with van der Waals surface area (Å²) in [5.74, 6) is 0. The first-order valence-corrected chi connectivity index (χ1v) is 25.3. The maximum atomic E-state index is 6.60. The molecule has 2 aliphatic heterocycles. The number of rotatable bonds is 4. The van der Waals surface area contributed by atoms with Crippen LogP contribution in [0.2, 0.25) is 0 Å². The molecule has 13 rings (SSSR count). The van der Waals surface area contributed by atoms with Crippen LogP contribution in [0.1, 0.15) is 74.9 Å². The van der Waals surface area contributed by atoms with Crippen molar-refractivity contribution in [2.24, 2.45) is 0 Å². The fourth-order valence-electron chi connectivity index (χ4n) is 12.2. The quantitative estimate of drug-likeness (QED) is 0.164. The van der Waals surface area contributed by atoms with E-state index in [0.717, 1.165) is 38.8 Å². The van der Waals surface area contributed by atoms with Crippen molar-refractivity contribution in [1.82, 2.24) is 4.57 Å². The second-order valence-electron chi connectivity index (χ2n) is 22.4. The number of nitrogens with zero attached hydrogens (tertiary/aromatic N) is 3. The van der Waals surface area contributed by atoms with Crippen LogP contribution in [0.3, 0.4) is 0 Å². The van der Waals surface area contributed by atoms with Crippen LogP contribution in [0.5, 0.6) is 0 Å². The number of para-hydroxylation sites is 5. The van der Waals surface area contributed by atoms with Gasteiger partial charge >= 0.3 is 0 Å². The third-order valence-electron chi connectivity index (χ3n) is 15.8. The number of aromatic nitrogens is 1. The molecule has 0 unspecified atom stereocenters. The van der Waals surface area contributed by atoms with Gasteiger partial charge in [-0.1, -0.05) is 163 Å². The Bertz CT molecular complexity index is 3980. The van der Waals surface area contributed by atoms with Gasteiger partial charge in [0.1, 0.15) is 11.2 Å². The minimum absolute atomic E-state index is 0.0402. The number of anilines is 6. The molecule has 0 saturated heterocycles. The van der Waals surface area contributed by atoms with Crippen molar-refractivity contribution in [2.45, 2.75) is 80.1 Å². The van der Waals surface area contributed by atoms with Crippen LogP contribution < -0.4 is 26.2 Å².